The van der Waals surface area contributed by atoms with Crippen molar-refractivity contribution in [2.75, 3.05) is 0 Å². The van der Waals surface area contributed by atoms with E-state index in [4.69, 9.17) is 9.97 Å². The molecule has 0 radical (unpaired) electrons. The van der Waals surface area contributed by atoms with Gasteiger partial charge in [-0.05, 0) is 62.4 Å². The fourth-order valence-corrected chi connectivity index (χ4v) is 7.72. The SMILES string of the molecule is c1ccc(-c2cccc(-c3cc(-n4c5ccccc5c5ccccc54)nc(-c4ccc(-c5cccc6cccc(-c7ccccc7)c56)cc4)n3)c2)cc1. The molecule has 0 aliphatic rings. The van der Waals surface area contributed by atoms with E-state index < -0.39 is 0 Å². The molecule has 0 atom stereocenters. The summed E-state index contributed by atoms with van der Waals surface area (Å²) in [4.78, 5) is 10.6. The molecule has 0 spiro atoms. The van der Waals surface area contributed by atoms with Crippen molar-refractivity contribution in [3.05, 3.63) is 200 Å². The third-order valence-electron chi connectivity index (χ3n) is 10.2. The first-order chi connectivity index (χ1) is 26.3. The first-order valence-electron chi connectivity index (χ1n) is 18.0. The molecule has 0 aliphatic heterocycles. The second kappa shape index (κ2) is 12.9. The number of benzene rings is 8. The van der Waals surface area contributed by atoms with Crippen LogP contribution in [0.25, 0.3) is 94.4 Å². The van der Waals surface area contributed by atoms with Crippen molar-refractivity contribution in [3.8, 4) is 61.8 Å². The second-order valence-corrected chi connectivity index (χ2v) is 13.4. The Morgan fingerprint density at radius 3 is 1.51 bits per heavy atom. The molecule has 0 saturated carbocycles. The topological polar surface area (TPSA) is 30.7 Å². The maximum absolute atomic E-state index is 5.31. The van der Waals surface area contributed by atoms with Crippen LogP contribution < -0.4 is 0 Å². The molecule has 0 saturated heterocycles. The molecule has 2 aromatic heterocycles. The van der Waals surface area contributed by atoms with E-state index in [1.165, 1.54) is 43.8 Å². The molecule has 10 rings (SSSR count). The molecule has 8 aromatic carbocycles. The zero-order chi connectivity index (χ0) is 35.1. The van der Waals surface area contributed by atoms with Crippen LogP contribution >= 0.6 is 0 Å². The number of aromatic nitrogens is 3. The van der Waals surface area contributed by atoms with Crippen molar-refractivity contribution in [1.29, 1.82) is 0 Å². The van der Waals surface area contributed by atoms with Gasteiger partial charge in [-0.2, -0.15) is 0 Å². The fraction of sp³-hybridized carbons (Fsp3) is 0. The summed E-state index contributed by atoms with van der Waals surface area (Å²) < 4.78 is 2.27. The van der Waals surface area contributed by atoms with E-state index in [0.29, 0.717) is 5.82 Å². The summed E-state index contributed by atoms with van der Waals surface area (Å²) in [5.74, 6) is 1.51. The first kappa shape index (κ1) is 30.7. The van der Waals surface area contributed by atoms with Gasteiger partial charge in [0.25, 0.3) is 0 Å². The van der Waals surface area contributed by atoms with Gasteiger partial charge in [-0.15, -0.1) is 0 Å². The zero-order valence-electron chi connectivity index (χ0n) is 28.9. The summed E-state index contributed by atoms with van der Waals surface area (Å²) >= 11 is 0. The molecule has 0 N–H and O–H groups in total. The van der Waals surface area contributed by atoms with Crippen LogP contribution in [0.15, 0.2) is 200 Å². The molecular formula is C50H33N3. The van der Waals surface area contributed by atoms with Crippen LogP contribution in [0.3, 0.4) is 0 Å². The molecule has 3 nitrogen and oxygen atoms in total. The number of hydrogen-bond donors (Lipinski definition) is 0. The van der Waals surface area contributed by atoms with Gasteiger partial charge in [0, 0.05) is 28.0 Å². The van der Waals surface area contributed by atoms with E-state index in [1.807, 2.05) is 0 Å². The van der Waals surface area contributed by atoms with Gasteiger partial charge >= 0.3 is 0 Å². The molecule has 0 bridgehead atoms. The fourth-order valence-electron chi connectivity index (χ4n) is 7.72. The summed E-state index contributed by atoms with van der Waals surface area (Å²) in [6, 6.07) is 70.9. The first-order valence-corrected chi connectivity index (χ1v) is 18.0. The number of rotatable bonds is 6. The van der Waals surface area contributed by atoms with E-state index in [-0.39, 0.29) is 0 Å². The predicted molar refractivity (Wildman–Crippen MR) is 221 cm³/mol. The molecule has 10 aromatic rings. The van der Waals surface area contributed by atoms with Crippen LogP contribution in [-0.2, 0) is 0 Å². The molecular weight excluding hydrogens is 643 g/mol. The van der Waals surface area contributed by atoms with Crippen molar-refractivity contribution in [2.24, 2.45) is 0 Å². The number of fused-ring (bicyclic) bond motifs is 4. The smallest absolute Gasteiger partial charge is 0.162 e. The average Bonchev–Trinajstić information content (AvgIpc) is 3.58. The van der Waals surface area contributed by atoms with E-state index in [9.17, 15) is 0 Å². The maximum Gasteiger partial charge on any atom is 0.162 e. The highest BCUT2D eigenvalue weighted by Gasteiger charge is 2.17. The summed E-state index contributed by atoms with van der Waals surface area (Å²) in [6.07, 6.45) is 0. The van der Waals surface area contributed by atoms with E-state index in [0.717, 1.165) is 44.8 Å². The van der Waals surface area contributed by atoms with Crippen LogP contribution in [0, 0.1) is 0 Å². The largest absolute Gasteiger partial charge is 0.294 e. The van der Waals surface area contributed by atoms with Gasteiger partial charge in [0.15, 0.2) is 5.82 Å². The minimum absolute atomic E-state index is 0.680. The lowest BCUT2D eigenvalue weighted by Gasteiger charge is -2.14. The molecule has 0 unspecified atom stereocenters. The Labute approximate surface area is 308 Å². The normalized spacial score (nSPS) is 11.4. The quantitative estimate of drug-likeness (QED) is 0.176. The molecule has 3 heteroatoms. The monoisotopic (exact) mass is 675 g/mol. The summed E-state index contributed by atoms with van der Waals surface area (Å²) in [5, 5.41) is 4.87. The lowest BCUT2D eigenvalue weighted by atomic mass is 9.91. The Kier molecular flexibility index (Phi) is 7.47. The highest BCUT2D eigenvalue weighted by molar-refractivity contribution is 6.09. The van der Waals surface area contributed by atoms with Crippen molar-refractivity contribution in [2.45, 2.75) is 0 Å². The van der Waals surface area contributed by atoms with Gasteiger partial charge in [-0.1, -0.05) is 176 Å². The van der Waals surface area contributed by atoms with Crippen molar-refractivity contribution < 1.29 is 0 Å². The van der Waals surface area contributed by atoms with Crippen molar-refractivity contribution >= 4 is 32.6 Å². The van der Waals surface area contributed by atoms with Gasteiger partial charge in [0.1, 0.15) is 5.82 Å². The third kappa shape index (κ3) is 5.47. The second-order valence-electron chi connectivity index (χ2n) is 13.4. The van der Waals surface area contributed by atoms with Gasteiger partial charge in [-0.3, -0.25) is 4.57 Å². The molecule has 248 valence electrons. The zero-order valence-corrected chi connectivity index (χ0v) is 28.9. The lowest BCUT2D eigenvalue weighted by Crippen LogP contribution is -2.02. The summed E-state index contributed by atoms with van der Waals surface area (Å²) in [5.41, 5.74) is 12.2. The summed E-state index contributed by atoms with van der Waals surface area (Å²) in [7, 11) is 0. The van der Waals surface area contributed by atoms with Crippen LogP contribution in [-0.4, -0.2) is 14.5 Å². The molecule has 0 amide bonds. The number of nitrogens with zero attached hydrogens (tertiary/aromatic N) is 3. The Hall–Kier alpha value is -7.10. The van der Waals surface area contributed by atoms with E-state index in [1.54, 1.807) is 0 Å². The van der Waals surface area contributed by atoms with E-state index in [2.05, 4.69) is 205 Å². The third-order valence-corrected chi connectivity index (χ3v) is 10.2. The highest BCUT2D eigenvalue weighted by atomic mass is 15.1. The molecule has 0 fully saturated rings. The van der Waals surface area contributed by atoms with Crippen LogP contribution in [0.5, 0.6) is 0 Å². The van der Waals surface area contributed by atoms with Gasteiger partial charge < -0.3 is 0 Å². The van der Waals surface area contributed by atoms with Crippen molar-refractivity contribution in [3.63, 3.8) is 0 Å². The van der Waals surface area contributed by atoms with Crippen molar-refractivity contribution in [1.82, 2.24) is 14.5 Å². The Morgan fingerprint density at radius 2 is 0.849 bits per heavy atom. The van der Waals surface area contributed by atoms with Gasteiger partial charge in [-0.25, -0.2) is 9.97 Å². The standard InChI is InChI=1S/C50H33N3/c1-3-14-34(15-4-1)39-20-11-21-40(32-39)45-33-48(53-46-26-9-7-22-43(46)44-23-8-10-27-47(44)53)52-50(51-45)38-30-28-36(29-31-38)42-25-13-19-37-18-12-24-41(49(37)42)35-16-5-2-6-17-35/h1-33H. The minimum Gasteiger partial charge on any atom is -0.294 e. The molecule has 2 heterocycles. The Bertz CT molecular complexity index is 2870. The summed E-state index contributed by atoms with van der Waals surface area (Å²) in [6.45, 7) is 0. The highest BCUT2D eigenvalue weighted by Crippen LogP contribution is 2.38. The van der Waals surface area contributed by atoms with Crippen LogP contribution in [0.1, 0.15) is 0 Å². The molecule has 53 heavy (non-hydrogen) atoms. The van der Waals surface area contributed by atoms with E-state index >= 15 is 0 Å². The predicted octanol–water partition coefficient (Wildman–Crippen LogP) is 13.1. The average molecular weight is 676 g/mol. The van der Waals surface area contributed by atoms with Crippen LogP contribution in [0.2, 0.25) is 0 Å². The molecule has 0 aliphatic carbocycles. The minimum atomic E-state index is 0.680. The van der Waals surface area contributed by atoms with Gasteiger partial charge in [0.2, 0.25) is 0 Å². The number of hydrogen-bond acceptors (Lipinski definition) is 2. The number of para-hydroxylation sites is 2. The van der Waals surface area contributed by atoms with Gasteiger partial charge in [0.05, 0.1) is 16.7 Å². The maximum atomic E-state index is 5.31. The lowest BCUT2D eigenvalue weighted by molar-refractivity contribution is 1.05. The Balaban J connectivity index is 1.15. The Morgan fingerprint density at radius 1 is 0.340 bits per heavy atom. The van der Waals surface area contributed by atoms with Crippen LogP contribution in [0.4, 0.5) is 0 Å².